The standard InChI is InChI=1S/C10H8BrClN2O/c1-5(15)14-8-4-13-7-3-2-6(11)10(12)9(7)8/h2-4,13H,1H3,(H,14,15). The first-order valence-electron chi connectivity index (χ1n) is 4.32. The highest BCUT2D eigenvalue weighted by molar-refractivity contribution is 9.10. The first-order valence-corrected chi connectivity index (χ1v) is 5.49. The Hall–Kier alpha value is -1.000. The second-order valence-electron chi connectivity index (χ2n) is 3.17. The number of nitrogens with one attached hydrogen (secondary N) is 2. The van der Waals surface area contributed by atoms with E-state index < -0.39 is 0 Å². The SMILES string of the molecule is CC(=O)Nc1c[nH]c2ccc(Br)c(Cl)c12. The molecule has 2 N–H and O–H groups in total. The molecule has 5 heteroatoms. The van der Waals surface area contributed by atoms with Gasteiger partial charge in [0, 0.05) is 28.5 Å². The predicted molar refractivity (Wildman–Crippen MR) is 65.3 cm³/mol. The molecule has 0 fully saturated rings. The lowest BCUT2D eigenvalue weighted by Gasteiger charge is -2.02. The number of hydrogen-bond donors (Lipinski definition) is 2. The molecule has 3 nitrogen and oxygen atoms in total. The third kappa shape index (κ3) is 1.87. The number of aromatic amines is 1. The van der Waals surface area contributed by atoms with Crippen LogP contribution < -0.4 is 5.32 Å². The molecule has 0 atom stereocenters. The molecule has 1 amide bonds. The molecule has 78 valence electrons. The van der Waals surface area contributed by atoms with Crippen LogP contribution in [0.1, 0.15) is 6.92 Å². The highest BCUT2D eigenvalue weighted by atomic mass is 79.9. The largest absolute Gasteiger partial charge is 0.359 e. The van der Waals surface area contributed by atoms with Crippen molar-refractivity contribution in [2.24, 2.45) is 0 Å². The number of H-pyrrole nitrogens is 1. The quantitative estimate of drug-likeness (QED) is 0.828. The number of amides is 1. The zero-order valence-electron chi connectivity index (χ0n) is 7.90. The molecule has 15 heavy (non-hydrogen) atoms. The van der Waals surface area contributed by atoms with E-state index in [1.54, 1.807) is 6.20 Å². The van der Waals surface area contributed by atoms with E-state index in [0.29, 0.717) is 10.7 Å². The number of carbonyl (C=O) groups is 1. The lowest BCUT2D eigenvalue weighted by molar-refractivity contribution is -0.114. The number of aromatic nitrogens is 1. The van der Waals surface area contributed by atoms with Crippen LogP contribution in [0.25, 0.3) is 10.9 Å². The van der Waals surface area contributed by atoms with Crippen molar-refractivity contribution < 1.29 is 4.79 Å². The zero-order valence-corrected chi connectivity index (χ0v) is 10.2. The monoisotopic (exact) mass is 286 g/mol. The Kier molecular flexibility index (Phi) is 2.71. The lowest BCUT2D eigenvalue weighted by Crippen LogP contribution is -2.04. The van der Waals surface area contributed by atoms with Gasteiger partial charge < -0.3 is 10.3 Å². The van der Waals surface area contributed by atoms with Crippen LogP contribution in [0.5, 0.6) is 0 Å². The average molecular weight is 288 g/mol. The molecule has 0 saturated heterocycles. The smallest absolute Gasteiger partial charge is 0.221 e. The van der Waals surface area contributed by atoms with Crippen molar-refractivity contribution in [1.29, 1.82) is 0 Å². The molecular weight excluding hydrogens is 279 g/mol. The molecule has 1 aromatic heterocycles. The molecule has 0 aliphatic carbocycles. The molecule has 0 aliphatic heterocycles. The van der Waals surface area contributed by atoms with E-state index in [9.17, 15) is 4.79 Å². The van der Waals surface area contributed by atoms with Gasteiger partial charge in [0.1, 0.15) is 0 Å². The van der Waals surface area contributed by atoms with Gasteiger partial charge in [0.25, 0.3) is 0 Å². The predicted octanol–water partition coefficient (Wildman–Crippen LogP) is 3.54. The van der Waals surface area contributed by atoms with Crippen LogP contribution in [-0.2, 0) is 4.79 Å². The van der Waals surface area contributed by atoms with Crippen LogP contribution in [0, 0.1) is 0 Å². The second kappa shape index (κ2) is 3.87. The maximum Gasteiger partial charge on any atom is 0.221 e. The minimum Gasteiger partial charge on any atom is -0.359 e. The first kappa shape index (κ1) is 10.5. The summed E-state index contributed by atoms with van der Waals surface area (Å²) in [5.41, 5.74) is 1.59. The van der Waals surface area contributed by atoms with Crippen molar-refractivity contribution >= 4 is 50.0 Å². The summed E-state index contributed by atoms with van der Waals surface area (Å²) >= 11 is 9.48. The minimum atomic E-state index is -0.119. The van der Waals surface area contributed by atoms with Crippen LogP contribution in [0.4, 0.5) is 5.69 Å². The van der Waals surface area contributed by atoms with E-state index in [2.05, 4.69) is 26.2 Å². The van der Waals surface area contributed by atoms with Gasteiger partial charge in [-0.15, -0.1) is 0 Å². The van der Waals surface area contributed by atoms with E-state index in [4.69, 9.17) is 11.6 Å². The highest BCUT2D eigenvalue weighted by Crippen LogP contribution is 2.35. The fourth-order valence-corrected chi connectivity index (χ4v) is 2.04. The molecule has 2 rings (SSSR count). The van der Waals surface area contributed by atoms with E-state index in [1.807, 2.05) is 12.1 Å². The maximum atomic E-state index is 11.0. The molecule has 0 bridgehead atoms. The molecule has 2 aromatic rings. The summed E-state index contributed by atoms with van der Waals surface area (Å²) < 4.78 is 0.808. The molecule has 1 aromatic carbocycles. The van der Waals surface area contributed by atoms with Gasteiger partial charge in [-0.1, -0.05) is 11.6 Å². The Bertz CT molecular complexity index is 535. The summed E-state index contributed by atoms with van der Waals surface area (Å²) in [5.74, 6) is -0.119. The number of hydrogen-bond acceptors (Lipinski definition) is 1. The Morgan fingerprint density at radius 2 is 2.27 bits per heavy atom. The summed E-state index contributed by atoms with van der Waals surface area (Å²) in [6.45, 7) is 1.46. The van der Waals surface area contributed by atoms with Gasteiger partial charge in [0.2, 0.25) is 5.91 Å². The van der Waals surface area contributed by atoms with Crippen LogP contribution in [0.3, 0.4) is 0 Å². The number of benzene rings is 1. The number of halogens is 2. The lowest BCUT2D eigenvalue weighted by atomic mass is 10.2. The Morgan fingerprint density at radius 3 is 2.93 bits per heavy atom. The number of anilines is 1. The van der Waals surface area contributed by atoms with E-state index in [-0.39, 0.29) is 5.91 Å². The highest BCUT2D eigenvalue weighted by Gasteiger charge is 2.10. The molecule has 1 heterocycles. The van der Waals surface area contributed by atoms with Crippen molar-refractivity contribution in [1.82, 2.24) is 4.98 Å². The van der Waals surface area contributed by atoms with Crippen molar-refractivity contribution in [2.45, 2.75) is 6.92 Å². The minimum absolute atomic E-state index is 0.119. The molecule has 0 aliphatic rings. The van der Waals surface area contributed by atoms with E-state index in [0.717, 1.165) is 15.4 Å². The van der Waals surface area contributed by atoms with Gasteiger partial charge in [-0.2, -0.15) is 0 Å². The summed E-state index contributed by atoms with van der Waals surface area (Å²) in [7, 11) is 0. The van der Waals surface area contributed by atoms with Gasteiger partial charge in [0.15, 0.2) is 0 Å². The van der Waals surface area contributed by atoms with E-state index >= 15 is 0 Å². The fourth-order valence-electron chi connectivity index (χ4n) is 1.44. The maximum absolute atomic E-state index is 11.0. The van der Waals surface area contributed by atoms with Crippen LogP contribution in [0.15, 0.2) is 22.8 Å². The summed E-state index contributed by atoms with van der Waals surface area (Å²) in [6.07, 6.45) is 1.73. The topological polar surface area (TPSA) is 44.9 Å². The van der Waals surface area contributed by atoms with Gasteiger partial charge in [-0.25, -0.2) is 0 Å². The summed E-state index contributed by atoms with van der Waals surface area (Å²) in [5, 5.41) is 4.14. The Morgan fingerprint density at radius 1 is 1.53 bits per heavy atom. The summed E-state index contributed by atoms with van der Waals surface area (Å²) in [4.78, 5) is 14.0. The van der Waals surface area contributed by atoms with Crippen molar-refractivity contribution in [2.75, 3.05) is 5.32 Å². The third-order valence-corrected chi connectivity index (χ3v) is 3.33. The zero-order chi connectivity index (χ0) is 11.0. The van der Waals surface area contributed by atoms with E-state index in [1.165, 1.54) is 6.92 Å². The summed E-state index contributed by atoms with van der Waals surface area (Å²) in [6, 6.07) is 3.76. The van der Waals surface area contributed by atoms with Crippen molar-refractivity contribution in [3.8, 4) is 0 Å². The van der Waals surface area contributed by atoms with Gasteiger partial charge >= 0.3 is 0 Å². The number of fused-ring (bicyclic) bond motifs is 1. The van der Waals surface area contributed by atoms with Crippen LogP contribution in [-0.4, -0.2) is 10.9 Å². The van der Waals surface area contributed by atoms with Crippen molar-refractivity contribution in [3.05, 3.63) is 27.8 Å². The van der Waals surface area contributed by atoms with Gasteiger partial charge in [-0.3, -0.25) is 4.79 Å². The molecular formula is C10H8BrClN2O. The molecule has 0 radical (unpaired) electrons. The number of rotatable bonds is 1. The fraction of sp³-hybridized carbons (Fsp3) is 0.100. The molecule has 0 saturated carbocycles. The van der Waals surface area contributed by atoms with Crippen LogP contribution in [0.2, 0.25) is 5.02 Å². The van der Waals surface area contributed by atoms with Gasteiger partial charge in [0.05, 0.1) is 10.7 Å². The molecule has 0 unspecified atom stereocenters. The normalized spacial score (nSPS) is 10.6. The van der Waals surface area contributed by atoms with Crippen molar-refractivity contribution in [3.63, 3.8) is 0 Å². The molecule has 0 spiro atoms. The Labute approximate surface area is 99.9 Å². The number of carbonyl (C=O) groups excluding carboxylic acids is 1. The Balaban J connectivity index is 2.66. The average Bonchev–Trinajstić information content (AvgIpc) is 2.55. The second-order valence-corrected chi connectivity index (χ2v) is 4.40. The van der Waals surface area contributed by atoms with Gasteiger partial charge in [-0.05, 0) is 28.1 Å². The third-order valence-electron chi connectivity index (χ3n) is 2.05. The van der Waals surface area contributed by atoms with Crippen LogP contribution >= 0.6 is 27.5 Å². The first-order chi connectivity index (χ1) is 7.09.